The number of carbonyl (C=O) groups excluding carboxylic acids is 10. The largest absolute Gasteiger partial charge is 0.343 e. The molecule has 10 amide bonds. The number of hydrogen-bond acceptors (Lipinski definition) is 14. The number of aromatic nitrogens is 2. The first-order valence-corrected chi connectivity index (χ1v) is 29.2. The van der Waals surface area contributed by atoms with Gasteiger partial charge in [-0.2, -0.15) is 0 Å². The third-order valence-corrected chi connectivity index (χ3v) is 15.1. The van der Waals surface area contributed by atoms with Gasteiger partial charge in [-0.15, -0.1) is 0 Å². The maximum absolute atomic E-state index is 14.9. The maximum Gasteiger partial charge on any atom is 0.246 e. The van der Waals surface area contributed by atoms with E-state index in [4.69, 9.17) is 11.5 Å². The molecule has 0 aliphatic carbocycles. The Morgan fingerprint density at radius 1 is 0.463 bits per heavy atom. The molecule has 82 heavy (non-hydrogen) atoms. The van der Waals surface area contributed by atoms with Crippen LogP contribution in [0.4, 0.5) is 0 Å². The van der Waals surface area contributed by atoms with Crippen molar-refractivity contribution in [1.29, 1.82) is 0 Å². The molecule has 3 fully saturated rings. The van der Waals surface area contributed by atoms with Gasteiger partial charge in [-0.1, -0.05) is 67.5 Å². The van der Waals surface area contributed by atoms with Crippen LogP contribution in [0.2, 0.25) is 0 Å². The molecule has 2 aromatic rings. The smallest absolute Gasteiger partial charge is 0.246 e. The van der Waals surface area contributed by atoms with Crippen molar-refractivity contribution in [3.05, 3.63) is 60.2 Å². The van der Waals surface area contributed by atoms with Gasteiger partial charge in [0.05, 0.1) is 0 Å². The van der Waals surface area contributed by atoms with E-state index in [0.717, 1.165) is 0 Å². The van der Waals surface area contributed by atoms with Crippen LogP contribution >= 0.6 is 0 Å². The average molecular weight is 1140 g/mol. The number of carbonyl (C=O) groups is 10. The number of rotatable bonds is 16. The number of hydrogen-bond donors (Lipinski definition) is 10. The predicted molar refractivity (Wildman–Crippen MR) is 306 cm³/mol. The fraction of sp³-hybridized carbons (Fsp3) is 0.655. The van der Waals surface area contributed by atoms with Gasteiger partial charge in [-0.05, 0) is 124 Å². The van der Waals surface area contributed by atoms with Crippen LogP contribution in [0.5, 0.6) is 0 Å². The van der Waals surface area contributed by atoms with E-state index in [2.05, 4.69) is 52.5 Å². The van der Waals surface area contributed by atoms with Crippen molar-refractivity contribution in [2.45, 2.75) is 193 Å². The van der Waals surface area contributed by atoms with E-state index in [1.807, 2.05) is 27.7 Å². The zero-order chi connectivity index (χ0) is 60.2. The highest BCUT2D eigenvalue weighted by Gasteiger charge is 2.43. The van der Waals surface area contributed by atoms with Crippen LogP contribution in [-0.4, -0.2) is 165 Å². The minimum absolute atomic E-state index is 0.0369. The van der Waals surface area contributed by atoms with Gasteiger partial charge >= 0.3 is 0 Å². The van der Waals surface area contributed by atoms with Gasteiger partial charge in [0.1, 0.15) is 60.4 Å². The van der Waals surface area contributed by atoms with E-state index in [-0.39, 0.29) is 89.4 Å². The van der Waals surface area contributed by atoms with E-state index >= 15 is 0 Å². The standard InChI is InChI=1S/C58H90N14O10/c1-33(2)27-41-51(75)67-43(29-37-15-11-23-61-31-37)57(81)71-25-13-19-45(71)53(77)70-48(36(7)8)56(80)64-40(18-10-22-60)50(74)66-42(28-34(3)4)52(76)68-44(30-38-16-12-24-62-32-38)58(82)72-26-14-20-46(72)54(78)69-47(35(5)6)55(79)63-39(17-9-21-59)49(73)65-41/h11-12,15-16,23-24,31-36,39-48H,9-10,13-14,17-22,25-30,59-60H2,1-8H3,(H,63,79)(H,64,80)(H,65,73)(H,66,74)(H,67,75)(H,68,76)(H,69,78)(H,70,77)/t39-,40-,41-,42-,43-,44-,45-,46-,47-,48-/m0/s1. The van der Waals surface area contributed by atoms with Gasteiger partial charge in [0, 0.05) is 50.7 Å². The summed E-state index contributed by atoms with van der Waals surface area (Å²) < 4.78 is 0. The van der Waals surface area contributed by atoms with E-state index < -0.39 is 131 Å². The first-order chi connectivity index (χ1) is 39.0. The number of fused-ring (bicyclic) bond motifs is 2. The van der Waals surface area contributed by atoms with Crippen LogP contribution in [0, 0.1) is 23.7 Å². The molecule has 24 heteroatoms. The molecule has 3 aliphatic heterocycles. The molecule has 10 atom stereocenters. The molecule has 3 aliphatic rings. The van der Waals surface area contributed by atoms with Crippen molar-refractivity contribution in [2.24, 2.45) is 35.1 Å². The highest BCUT2D eigenvalue weighted by Crippen LogP contribution is 2.23. The molecule has 0 bridgehead atoms. The Morgan fingerprint density at radius 3 is 1.12 bits per heavy atom. The second-order valence-electron chi connectivity index (χ2n) is 23.5. The summed E-state index contributed by atoms with van der Waals surface area (Å²) in [6, 6.07) is -5.10. The maximum atomic E-state index is 14.9. The van der Waals surface area contributed by atoms with Gasteiger partial charge in [0.2, 0.25) is 59.1 Å². The summed E-state index contributed by atoms with van der Waals surface area (Å²) >= 11 is 0. The molecular weight excluding hydrogens is 1050 g/mol. The molecule has 0 spiro atoms. The SMILES string of the molecule is CC(C)C[C@@H]1NC(=O)[C@H](CCCN)NC(=O)[C@H](C(C)C)NC(=O)[C@@H]2CCCN2C(=O)[C@H](Cc2cccnc2)NC(=O)[C@H](CC(C)C)NC(=O)[C@H](CCCN)NC(=O)[C@H](C(C)C)NC(=O)[C@@H]2CCCN2C(=O)[C@H](Cc2cccnc2)NC1=O. The molecule has 5 heterocycles. The highest BCUT2D eigenvalue weighted by molar-refractivity contribution is 6.00. The second-order valence-corrected chi connectivity index (χ2v) is 23.5. The van der Waals surface area contributed by atoms with Gasteiger partial charge in [0.25, 0.3) is 0 Å². The Hall–Kier alpha value is -7.08. The molecule has 452 valence electrons. The van der Waals surface area contributed by atoms with Crippen molar-refractivity contribution in [3.63, 3.8) is 0 Å². The Bertz CT molecular complexity index is 2330. The van der Waals surface area contributed by atoms with Crippen LogP contribution in [0.25, 0.3) is 0 Å². The number of pyridine rings is 2. The second kappa shape index (κ2) is 31.9. The molecule has 5 rings (SSSR count). The van der Waals surface area contributed by atoms with Gasteiger partial charge in [-0.25, -0.2) is 0 Å². The lowest BCUT2D eigenvalue weighted by atomic mass is 9.99. The summed E-state index contributed by atoms with van der Waals surface area (Å²) in [6.07, 6.45) is 8.42. The topological polar surface area (TPSA) is 351 Å². The third kappa shape index (κ3) is 19.0. The first kappa shape index (κ1) is 65.7. The molecule has 24 nitrogen and oxygen atoms in total. The summed E-state index contributed by atoms with van der Waals surface area (Å²) in [5.41, 5.74) is 13.0. The van der Waals surface area contributed by atoms with Crippen molar-refractivity contribution < 1.29 is 47.9 Å². The van der Waals surface area contributed by atoms with Crippen LogP contribution in [0.3, 0.4) is 0 Å². The molecule has 0 saturated carbocycles. The zero-order valence-electron chi connectivity index (χ0n) is 49.0. The van der Waals surface area contributed by atoms with Crippen molar-refractivity contribution >= 4 is 59.1 Å². The van der Waals surface area contributed by atoms with Crippen molar-refractivity contribution in [2.75, 3.05) is 26.2 Å². The molecule has 12 N–H and O–H groups in total. The average Bonchev–Trinajstić information content (AvgIpc) is 4.16. The van der Waals surface area contributed by atoms with E-state index in [1.165, 1.54) is 9.80 Å². The predicted octanol–water partition coefficient (Wildman–Crippen LogP) is 0.0178. The molecular formula is C58H90N14O10. The molecule has 0 unspecified atom stereocenters. The highest BCUT2D eigenvalue weighted by atomic mass is 16.2. The number of amides is 10. The number of nitrogens with one attached hydrogen (secondary N) is 8. The Morgan fingerprint density at radius 2 is 0.805 bits per heavy atom. The number of nitrogens with zero attached hydrogens (tertiary/aromatic N) is 4. The van der Waals surface area contributed by atoms with Crippen molar-refractivity contribution in [3.8, 4) is 0 Å². The zero-order valence-corrected chi connectivity index (χ0v) is 49.0. The summed E-state index contributed by atoms with van der Waals surface area (Å²) in [7, 11) is 0. The summed E-state index contributed by atoms with van der Waals surface area (Å²) in [4.78, 5) is 157. The molecule has 0 radical (unpaired) electrons. The van der Waals surface area contributed by atoms with Crippen LogP contribution < -0.4 is 54.0 Å². The van der Waals surface area contributed by atoms with E-state index in [0.29, 0.717) is 36.8 Å². The van der Waals surface area contributed by atoms with Crippen molar-refractivity contribution in [1.82, 2.24) is 62.3 Å². The van der Waals surface area contributed by atoms with E-state index in [1.54, 1.807) is 76.7 Å². The van der Waals surface area contributed by atoms with E-state index in [9.17, 15) is 47.9 Å². The lowest BCUT2D eigenvalue weighted by molar-refractivity contribution is -0.143. The van der Waals surface area contributed by atoms with Gasteiger partial charge in [0.15, 0.2) is 0 Å². The lowest BCUT2D eigenvalue weighted by Gasteiger charge is -2.33. The minimum Gasteiger partial charge on any atom is -0.343 e. The normalized spacial score (nSPS) is 26.6. The van der Waals surface area contributed by atoms with Gasteiger partial charge in [-0.3, -0.25) is 57.9 Å². The first-order valence-electron chi connectivity index (χ1n) is 29.2. The summed E-state index contributed by atoms with van der Waals surface area (Å²) in [6.45, 7) is 14.9. The Labute approximate surface area is 482 Å². The molecule has 0 aromatic carbocycles. The van der Waals surface area contributed by atoms with Gasteiger partial charge < -0.3 is 63.8 Å². The monoisotopic (exact) mass is 1140 g/mol. The van der Waals surface area contributed by atoms with Crippen LogP contribution in [0.1, 0.15) is 131 Å². The molecule has 3 saturated heterocycles. The summed E-state index contributed by atoms with van der Waals surface area (Å²) in [5, 5.41) is 22.7. The quantitative estimate of drug-likeness (QED) is 0.106. The molecule has 2 aromatic heterocycles. The minimum atomic E-state index is -1.26. The third-order valence-electron chi connectivity index (χ3n) is 15.1. The fourth-order valence-electron chi connectivity index (χ4n) is 10.7. The Balaban J connectivity index is 1.58. The lowest BCUT2D eigenvalue weighted by Crippen LogP contribution is -2.62. The fourth-order valence-corrected chi connectivity index (χ4v) is 10.7. The van der Waals surface area contributed by atoms with Crippen LogP contribution in [0.15, 0.2) is 49.1 Å². The summed E-state index contributed by atoms with van der Waals surface area (Å²) in [5.74, 6) is -8.00. The Kier molecular flexibility index (Phi) is 25.6. The number of nitrogens with two attached hydrogens (primary N) is 2. The van der Waals surface area contributed by atoms with Crippen LogP contribution in [-0.2, 0) is 60.8 Å².